The van der Waals surface area contributed by atoms with E-state index in [-0.39, 0.29) is 22.3 Å². The third-order valence-electron chi connectivity index (χ3n) is 3.91. The van der Waals surface area contributed by atoms with Gasteiger partial charge in [0.2, 0.25) is 0 Å². The number of benzene rings is 1. The van der Waals surface area contributed by atoms with Crippen LogP contribution in [0.4, 0.5) is 4.79 Å². The minimum atomic E-state index is -1.11. The summed E-state index contributed by atoms with van der Waals surface area (Å²) >= 11 is 6.82. The molecule has 0 radical (unpaired) electrons. The van der Waals surface area contributed by atoms with Crippen LogP contribution >= 0.6 is 23.4 Å². The molecule has 0 saturated carbocycles. The summed E-state index contributed by atoms with van der Waals surface area (Å²) in [6, 6.07) is 7.33. The highest BCUT2D eigenvalue weighted by Gasteiger charge is 2.37. The Morgan fingerprint density at radius 3 is 2.67 bits per heavy atom. The number of carboxylic acid groups (broad SMARTS) is 1. The summed E-state index contributed by atoms with van der Waals surface area (Å²) in [5.41, 5.74) is 0.419. The number of esters is 1. The molecule has 8 nitrogen and oxygen atoms in total. The van der Waals surface area contributed by atoms with Crippen molar-refractivity contribution in [1.29, 1.82) is 0 Å². The van der Waals surface area contributed by atoms with Crippen LogP contribution in [-0.2, 0) is 14.3 Å². The Balaban J connectivity index is 1.81. The van der Waals surface area contributed by atoms with Gasteiger partial charge in [-0.05, 0) is 55.9 Å². The van der Waals surface area contributed by atoms with Gasteiger partial charge in [-0.15, -0.1) is 0 Å². The zero-order chi connectivity index (χ0) is 22.0. The molecule has 1 aliphatic rings. The monoisotopic (exact) mass is 449 g/mol. The van der Waals surface area contributed by atoms with Crippen LogP contribution in [0.5, 0.6) is 0 Å². The van der Waals surface area contributed by atoms with Crippen molar-refractivity contribution in [3.05, 3.63) is 51.6 Å². The number of furan rings is 1. The fourth-order valence-corrected chi connectivity index (χ4v) is 3.65. The highest BCUT2D eigenvalue weighted by molar-refractivity contribution is 8.18. The van der Waals surface area contributed by atoms with Gasteiger partial charge in [-0.25, -0.2) is 4.79 Å². The second kappa shape index (κ2) is 8.76. The van der Waals surface area contributed by atoms with Gasteiger partial charge < -0.3 is 14.3 Å². The zero-order valence-electron chi connectivity index (χ0n) is 15.9. The number of nitrogens with zero attached hydrogens (tertiary/aromatic N) is 1. The predicted molar refractivity (Wildman–Crippen MR) is 110 cm³/mol. The molecule has 1 aliphatic heterocycles. The van der Waals surface area contributed by atoms with E-state index < -0.39 is 29.6 Å². The first kappa shape index (κ1) is 21.7. The maximum Gasteiger partial charge on any atom is 0.335 e. The van der Waals surface area contributed by atoms with E-state index in [1.165, 1.54) is 24.3 Å². The van der Waals surface area contributed by atoms with E-state index in [9.17, 15) is 19.2 Å². The lowest BCUT2D eigenvalue weighted by Crippen LogP contribution is -2.35. The Morgan fingerprint density at radius 2 is 2.00 bits per heavy atom. The molecule has 2 amide bonds. The molecule has 10 heteroatoms. The second-order valence-corrected chi connectivity index (χ2v) is 7.91. The lowest BCUT2D eigenvalue weighted by atomic mass is 10.1. The Hall–Kier alpha value is -3.04. The average Bonchev–Trinajstić information content (AvgIpc) is 3.22. The van der Waals surface area contributed by atoms with Gasteiger partial charge in [-0.1, -0.05) is 11.6 Å². The van der Waals surface area contributed by atoms with Gasteiger partial charge in [0.1, 0.15) is 18.1 Å². The first-order valence-electron chi connectivity index (χ1n) is 8.73. The number of carboxylic acids is 1. The van der Waals surface area contributed by atoms with Crippen molar-refractivity contribution in [3.63, 3.8) is 0 Å². The number of imide groups is 1. The van der Waals surface area contributed by atoms with Crippen molar-refractivity contribution in [2.45, 2.75) is 20.0 Å². The van der Waals surface area contributed by atoms with Gasteiger partial charge in [-0.3, -0.25) is 19.3 Å². The van der Waals surface area contributed by atoms with Crippen LogP contribution in [0.25, 0.3) is 17.4 Å². The predicted octanol–water partition coefficient (Wildman–Crippen LogP) is 4.29. The maximum absolute atomic E-state index is 12.5. The number of halogens is 1. The summed E-state index contributed by atoms with van der Waals surface area (Å²) in [6.07, 6.45) is 1.01. The van der Waals surface area contributed by atoms with E-state index in [2.05, 4.69) is 0 Å². The highest BCUT2D eigenvalue weighted by atomic mass is 35.5. The van der Waals surface area contributed by atoms with Crippen LogP contribution in [0.15, 0.2) is 39.7 Å². The Kier molecular flexibility index (Phi) is 6.33. The average molecular weight is 450 g/mol. The SMILES string of the molecule is CC(C)OC(=O)CN1C(=O)S/C(=C\c2ccc(-c3cc(C(=O)O)ccc3Cl)o2)C1=O. The van der Waals surface area contributed by atoms with E-state index in [0.29, 0.717) is 28.1 Å². The molecule has 0 spiro atoms. The lowest BCUT2D eigenvalue weighted by Gasteiger charge is -2.13. The van der Waals surface area contributed by atoms with Gasteiger partial charge >= 0.3 is 11.9 Å². The summed E-state index contributed by atoms with van der Waals surface area (Å²) in [5.74, 6) is -1.85. The van der Waals surface area contributed by atoms with Crippen molar-refractivity contribution in [1.82, 2.24) is 4.90 Å². The second-order valence-electron chi connectivity index (χ2n) is 6.51. The molecule has 1 fully saturated rings. The van der Waals surface area contributed by atoms with Gasteiger partial charge in [0.05, 0.1) is 21.6 Å². The normalized spacial score (nSPS) is 15.3. The lowest BCUT2D eigenvalue weighted by molar-refractivity contribution is -0.149. The van der Waals surface area contributed by atoms with Crippen LogP contribution in [0.1, 0.15) is 30.0 Å². The van der Waals surface area contributed by atoms with Crippen LogP contribution in [-0.4, -0.2) is 45.7 Å². The molecule has 156 valence electrons. The third kappa shape index (κ3) is 4.74. The van der Waals surface area contributed by atoms with Crippen LogP contribution in [0.3, 0.4) is 0 Å². The number of rotatable bonds is 6. The van der Waals surface area contributed by atoms with Crippen LogP contribution in [0.2, 0.25) is 5.02 Å². The first-order chi connectivity index (χ1) is 14.2. The summed E-state index contributed by atoms with van der Waals surface area (Å²) in [7, 11) is 0. The van der Waals surface area contributed by atoms with Crippen LogP contribution < -0.4 is 0 Å². The van der Waals surface area contributed by atoms with E-state index in [0.717, 1.165) is 4.90 Å². The number of hydrogen-bond acceptors (Lipinski definition) is 7. The number of aromatic carboxylic acids is 1. The van der Waals surface area contributed by atoms with Crippen molar-refractivity contribution in [2.24, 2.45) is 0 Å². The topological polar surface area (TPSA) is 114 Å². The van der Waals surface area contributed by atoms with E-state index >= 15 is 0 Å². The molecule has 1 aromatic heterocycles. The summed E-state index contributed by atoms with van der Waals surface area (Å²) in [5, 5.41) is 8.85. The Bertz CT molecular complexity index is 1070. The van der Waals surface area contributed by atoms with Gasteiger partial charge in [0.15, 0.2) is 0 Å². The Morgan fingerprint density at radius 1 is 1.27 bits per heavy atom. The molecule has 2 heterocycles. The molecular formula is C20H16ClNO7S. The fraction of sp³-hybridized carbons (Fsp3) is 0.200. The van der Waals surface area contributed by atoms with Crippen LogP contribution in [0, 0.1) is 0 Å². The number of hydrogen-bond donors (Lipinski definition) is 1. The molecule has 3 rings (SSSR count). The summed E-state index contributed by atoms with van der Waals surface area (Å²) in [6.45, 7) is 2.86. The summed E-state index contributed by atoms with van der Waals surface area (Å²) in [4.78, 5) is 48.4. The molecule has 1 saturated heterocycles. The molecular weight excluding hydrogens is 434 g/mol. The quantitative estimate of drug-likeness (QED) is 0.513. The number of thioether (sulfide) groups is 1. The molecule has 1 N–H and O–H groups in total. The summed E-state index contributed by atoms with van der Waals surface area (Å²) < 4.78 is 10.6. The smallest absolute Gasteiger partial charge is 0.335 e. The maximum atomic E-state index is 12.5. The number of carbonyl (C=O) groups is 4. The Labute approximate surface area is 180 Å². The standard InChI is InChI=1S/C20H16ClNO7S/c1-10(2)28-17(23)9-22-18(24)16(30-20(22)27)8-12-4-6-15(29-12)13-7-11(19(25)26)3-5-14(13)21/h3-8,10H,9H2,1-2H3,(H,25,26)/b16-8-. The molecule has 0 unspecified atom stereocenters. The fourth-order valence-electron chi connectivity index (χ4n) is 2.62. The highest BCUT2D eigenvalue weighted by Crippen LogP contribution is 2.35. The first-order valence-corrected chi connectivity index (χ1v) is 9.93. The number of ether oxygens (including phenoxy) is 1. The minimum Gasteiger partial charge on any atom is -0.478 e. The van der Waals surface area contributed by atoms with Crippen molar-refractivity contribution >= 4 is 52.5 Å². The van der Waals surface area contributed by atoms with Crippen molar-refractivity contribution in [3.8, 4) is 11.3 Å². The molecule has 2 aromatic rings. The number of carbonyl (C=O) groups excluding carboxylic acids is 3. The molecule has 0 atom stereocenters. The molecule has 1 aromatic carbocycles. The molecule has 30 heavy (non-hydrogen) atoms. The molecule has 0 aliphatic carbocycles. The number of amides is 2. The van der Waals surface area contributed by atoms with E-state index in [4.69, 9.17) is 25.9 Å². The largest absolute Gasteiger partial charge is 0.478 e. The van der Waals surface area contributed by atoms with E-state index in [1.807, 2.05) is 0 Å². The molecule has 0 bridgehead atoms. The zero-order valence-corrected chi connectivity index (χ0v) is 17.5. The minimum absolute atomic E-state index is 0.0433. The third-order valence-corrected chi connectivity index (χ3v) is 5.14. The van der Waals surface area contributed by atoms with E-state index in [1.54, 1.807) is 26.0 Å². The van der Waals surface area contributed by atoms with Gasteiger partial charge in [0.25, 0.3) is 11.1 Å². The van der Waals surface area contributed by atoms with Gasteiger partial charge in [0, 0.05) is 11.6 Å². The van der Waals surface area contributed by atoms with Crippen molar-refractivity contribution < 1.29 is 33.4 Å². The van der Waals surface area contributed by atoms with Crippen molar-refractivity contribution in [2.75, 3.05) is 6.54 Å². The van der Waals surface area contributed by atoms with Gasteiger partial charge in [-0.2, -0.15) is 0 Å².